The van der Waals surface area contributed by atoms with Gasteiger partial charge >= 0.3 is 0 Å². The molecule has 1 N–H and O–H groups in total. The quantitative estimate of drug-likeness (QED) is 0.577. The van der Waals surface area contributed by atoms with Crippen LogP contribution >= 0.6 is 0 Å². The zero-order valence-corrected chi connectivity index (χ0v) is 9.50. The lowest BCUT2D eigenvalue weighted by atomic mass is 9.99. The van der Waals surface area contributed by atoms with Crippen LogP contribution in [0.2, 0.25) is 0 Å². The van der Waals surface area contributed by atoms with Gasteiger partial charge in [-0.05, 0) is 24.0 Å². The molecule has 0 aliphatic carbocycles. The number of allylic oxidation sites excluding steroid dienone is 1. The highest BCUT2D eigenvalue weighted by molar-refractivity contribution is 5.61. The maximum Gasteiger partial charge on any atom is 0.231 e. The summed E-state index contributed by atoms with van der Waals surface area (Å²) >= 11 is 0. The van der Waals surface area contributed by atoms with Crippen molar-refractivity contribution in [3.63, 3.8) is 0 Å². The standard InChI is InChI=1S/C12H16.CHNO/c1-9(2)11-6-5-7-12(8-11)10(3)4;2-1-3/h5-8,10H,1H2,2-4H3;2H. The smallest absolute Gasteiger partial charge is 0.222 e. The lowest BCUT2D eigenvalue weighted by Gasteiger charge is -2.07. The lowest BCUT2D eigenvalue weighted by Crippen LogP contribution is -1.88. The Labute approximate surface area is 91.1 Å². The fourth-order valence-corrected chi connectivity index (χ4v) is 1.16. The minimum Gasteiger partial charge on any atom is -0.222 e. The van der Waals surface area contributed by atoms with Crippen LogP contribution in [0.25, 0.3) is 5.57 Å². The molecule has 1 aromatic rings. The highest BCUT2D eigenvalue weighted by atomic mass is 16.1. The molecule has 0 saturated carbocycles. The van der Waals surface area contributed by atoms with Gasteiger partial charge in [0.05, 0.1) is 0 Å². The van der Waals surface area contributed by atoms with Crippen LogP contribution in [-0.2, 0) is 4.79 Å². The van der Waals surface area contributed by atoms with Crippen molar-refractivity contribution in [2.45, 2.75) is 26.7 Å². The number of nitrogens with one attached hydrogen (secondary N) is 1. The molecule has 0 radical (unpaired) electrons. The maximum atomic E-state index is 8.35. The Hall–Kier alpha value is -1.66. The fourth-order valence-electron chi connectivity index (χ4n) is 1.16. The van der Waals surface area contributed by atoms with Gasteiger partial charge in [-0.15, -0.1) is 0 Å². The Bertz CT molecular complexity index is 361. The van der Waals surface area contributed by atoms with Crippen LogP contribution in [0.15, 0.2) is 30.8 Å². The average molecular weight is 203 g/mol. The molecule has 80 valence electrons. The lowest BCUT2D eigenvalue weighted by molar-refractivity contribution is 0.563. The second kappa shape index (κ2) is 6.74. The molecule has 0 aromatic heterocycles. The molecule has 0 atom stereocenters. The van der Waals surface area contributed by atoms with Gasteiger partial charge in [0.2, 0.25) is 6.08 Å². The summed E-state index contributed by atoms with van der Waals surface area (Å²) in [5, 5.41) is 5.40. The molecule has 1 aromatic carbocycles. The van der Waals surface area contributed by atoms with Crippen molar-refractivity contribution in [1.82, 2.24) is 0 Å². The van der Waals surface area contributed by atoms with Crippen LogP contribution in [0.1, 0.15) is 37.8 Å². The Morgan fingerprint density at radius 2 is 2.00 bits per heavy atom. The van der Waals surface area contributed by atoms with Crippen molar-refractivity contribution in [2.24, 2.45) is 0 Å². The van der Waals surface area contributed by atoms with E-state index < -0.39 is 0 Å². The molecule has 0 aliphatic heterocycles. The summed E-state index contributed by atoms with van der Waals surface area (Å²) in [5.74, 6) is 0.601. The van der Waals surface area contributed by atoms with Crippen LogP contribution in [0.4, 0.5) is 0 Å². The van der Waals surface area contributed by atoms with Crippen molar-refractivity contribution >= 4 is 11.7 Å². The fraction of sp³-hybridized carbons (Fsp3) is 0.308. The van der Waals surface area contributed by atoms with Crippen LogP contribution in [0, 0.1) is 5.41 Å². The van der Waals surface area contributed by atoms with Gasteiger partial charge < -0.3 is 0 Å². The van der Waals surface area contributed by atoms with E-state index in [1.54, 1.807) is 0 Å². The molecule has 0 amide bonds. The third kappa shape index (κ3) is 4.94. The molecule has 15 heavy (non-hydrogen) atoms. The second-order valence-corrected chi connectivity index (χ2v) is 3.66. The maximum absolute atomic E-state index is 8.35. The van der Waals surface area contributed by atoms with Crippen molar-refractivity contribution in [1.29, 1.82) is 5.41 Å². The Balaban J connectivity index is 0.000000583. The van der Waals surface area contributed by atoms with Gasteiger partial charge in [-0.2, -0.15) is 0 Å². The molecule has 0 spiro atoms. The van der Waals surface area contributed by atoms with E-state index >= 15 is 0 Å². The molecular formula is C13H17NO. The first kappa shape index (κ1) is 13.3. The van der Waals surface area contributed by atoms with E-state index in [4.69, 9.17) is 10.2 Å². The average Bonchev–Trinajstić information content (AvgIpc) is 2.19. The van der Waals surface area contributed by atoms with E-state index in [-0.39, 0.29) is 0 Å². The number of rotatable bonds is 2. The predicted molar refractivity (Wildman–Crippen MR) is 63.7 cm³/mol. The summed E-state index contributed by atoms with van der Waals surface area (Å²) in [5.41, 5.74) is 3.77. The highest BCUT2D eigenvalue weighted by Gasteiger charge is 1.99. The molecule has 1 rings (SSSR count). The normalized spacial score (nSPS) is 8.80. The minimum atomic E-state index is 0.601. The van der Waals surface area contributed by atoms with Crippen LogP contribution in [0.3, 0.4) is 0 Å². The molecule has 0 aliphatic rings. The van der Waals surface area contributed by atoms with Gasteiger partial charge in [-0.25, -0.2) is 10.2 Å². The summed E-state index contributed by atoms with van der Waals surface area (Å²) in [7, 11) is 0. The van der Waals surface area contributed by atoms with E-state index in [2.05, 4.69) is 44.7 Å². The topological polar surface area (TPSA) is 40.9 Å². The zero-order valence-electron chi connectivity index (χ0n) is 9.50. The summed E-state index contributed by atoms with van der Waals surface area (Å²) in [4.78, 5) is 8.35. The first-order valence-corrected chi connectivity index (χ1v) is 4.82. The van der Waals surface area contributed by atoms with Gasteiger partial charge in [0.1, 0.15) is 0 Å². The van der Waals surface area contributed by atoms with Crippen molar-refractivity contribution in [3.8, 4) is 0 Å². The number of hydrogen-bond acceptors (Lipinski definition) is 2. The third-order valence-corrected chi connectivity index (χ3v) is 2.05. The van der Waals surface area contributed by atoms with Gasteiger partial charge in [-0.1, -0.05) is 50.3 Å². The van der Waals surface area contributed by atoms with E-state index in [1.807, 2.05) is 6.92 Å². The molecule has 0 fully saturated rings. The zero-order chi connectivity index (χ0) is 11.8. The van der Waals surface area contributed by atoms with Crippen LogP contribution < -0.4 is 0 Å². The van der Waals surface area contributed by atoms with E-state index in [0.29, 0.717) is 5.92 Å². The van der Waals surface area contributed by atoms with Gasteiger partial charge in [0.25, 0.3) is 0 Å². The van der Waals surface area contributed by atoms with Gasteiger partial charge in [0, 0.05) is 0 Å². The Morgan fingerprint density at radius 1 is 1.47 bits per heavy atom. The molecule has 0 saturated heterocycles. The Morgan fingerprint density at radius 3 is 2.40 bits per heavy atom. The largest absolute Gasteiger partial charge is 0.231 e. The SMILES string of the molecule is C=C(C)c1cccc(C(C)C)c1.N=C=O. The molecular weight excluding hydrogens is 186 g/mol. The van der Waals surface area contributed by atoms with Crippen LogP contribution in [-0.4, -0.2) is 6.08 Å². The molecule has 0 bridgehead atoms. The third-order valence-electron chi connectivity index (χ3n) is 2.05. The predicted octanol–water partition coefficient (Wildman–Crippen LogP) is 3.74. The first-order chi connectivity index (χ1) is 7.02. The van der Waals surface area contributed by atoms with Crippen molar-refractivity contribution in [3.05, 3.63) is 42.0 Å². The van der Waals surface area contributed by atoms with E-state index in [9.17, 15) is 0 Å². The summed E-state index contributed by atoms with van der Waals surface area (Å²) < 4.78 is 0. The van der Waals surface area contributed by atoms with Gasteiger partial charge in [-0.3, -0.25) is 0 Å². The van der Waals surface area contributed by atoms with Crippen LogP contribution in [0.5, 0.6) is 0 Å². The summed E-state index contributed by atoms with van der Waals surface area (Å²) in [6, 6.07) is 8.58. The minimum absolute atomic E-state index is 0.601. The first-order valence-electron chi connectivity index (χ1n) is 4.82. The molecule has 2 heteroatoms. The van der Waals surface area contributed by atoms with Crippen molar-refractivity contribution < 1.29 is 4.79 Å². The summed E-state index contributed by atoms with van der Waals surface area (Å²) in [6.45, 7) is 10.4. The Kier molecular flexibility index (Phi) is 6.00. The number of hydrogen-bond donors (Lipinski definition) is 1. The van der Waals surface area contributed by atoms with E-state index in [1.165, 1.54) is 11.1 Å². The molecule has 0 unspecified atom stereocenters. The number of benzene rings is 1. The van der Waals surface area contributed by atoms with Crippen molar-refractivity contribution in [2.75, 3.05) is 0 Å². The van der Waals surface area contributed by atoms with E-state index in [0.717, 1.165) is 11.7 Å². The summed E-state index contributed by atoms with van der Waals surface area (Å²) in [6.07, 6.45) is 0.750. The van der Waals surface area contributed by atoms with Gasteiger partial charge in [0.15, 0.2) is 0 Å². The monoisotopic (exact) mass is 203 g/mol. The molecule has 2 nitrogen and oxygen atoms in total. The second-order valence-electron chi connectivity index (χ2n) is 3.66. The number of isocyanates is 1. The number of carbonyl (C=O) groups excluding carboxylic acids is 1. The highest BCUT2D eigenvalue weighted by Crippen LogP contribution is 2.19. The molecule has 0 heterocycles.